The predicted octanol–water partition coefficient (Wildman–Crippen LogP) is 3.58. The minimum atomic E-state index is -1.43. The number of carbonyl (C=O) groups is 1. The van der Waals surface area contributed by atoms with Gasteiger partial charge in [0.05, 0.1) is 0 Å². The summed E-state index contributed by atoms with van der Waals surface area (Å²) in [4.78, 5) is 14.6. The zero-order valence-electron chi connectivity index (χ0n) is 13.8. The minimum absolute atomic E-state index is 0.127. The number of fused-ring (bicyclic) bond motifs is 1. The maximum atomic E-state index is 13.0. The largest absolute Gasteiger partial charge is 0.363 e. The van der Waals surface area contributed by atoms with Gasteiger partial charge in [-0.3, -0.25) is 4.79 Å². The first-order valence-electron chi connectivity index (χ1n) is 8.44. The molecule has 1 heterocycles. The Bertz CT molecular complexity index is 892. The van der Waals surface area contributed by atoms with E-state index < -0.39 is 5.72 Å². The quantitative estimate of drug-likeness (QED) is 0.795. The van der Waals surface area contributed by atoms with Gasteiger partial charge < -0.3 is 10.0 Å². The number of hydrogen-bond acceptors (Lipinski definition) is 2. The predicted molar refractivity (Wildman–Crippen MR) is 97.1 cm³/mol. The number of amides is 1. The van der Waals surface area contributed by atoms with Crippen LogP contribution in [-0.2, 0) is 12.1 Å². The second-order valence-corrected chi connectivity index (χ2v) is 6.28. The average Bonchev–Trinajstić information content (AvgIpc) is 2.90. The van der Waals surface area contributed by atoms with Gasteiger partial charge in [0, 0.05) is 23.2 Å². The lowest BCUT2D eigenvalue weighted by Crippen LogP contribution is -2.45. The van der Waals surface area contributed by atoms with Gasteiger partial charge in [-0.2, -0.15) is 0 Å². The summed E-state index contributed by atoms with van der Waals surface area (Å²) in [7, 11) is 0. The van der Waals surface area contributed by atoms with Crippen LogP contribution in [0.2, 0.25) is 0 Å². The molecule has 3 aromatic carbocycles. The van der Waals surface area contributed by atoms with Crippen molar-refractivity contribution in [2.75, 3.05) is 6.54 Å². The Morgan fingerprint density at radius 2 is 1.40 bits per heavy atom. The molecular weight excluding hydrogens is 310 g/mol. The van der Waals surface area contributed by atoms with E-state index in [1.54, 1.807) is 11.0 Å². The molecule has 1 N–H and O–H groups in total. The van der Waals surface area contributed by atoms with Crippen LogP contribution in [0.25, 0.3) is 0 Å². The molecule has 0 bridgehead atoms. The number of carbonyl (C=O) groups excluding carboxylic acids is 1. The van der Waals surface area contributed by atoms with Crippen LogP contribution in [0.1, 0.15) is 27.0 Å². The van der Waals surface area contributed by atoms with Crippen LogP contribution >= 0.6 is 0 Å². The van der Waals surface area contributed by atoms with Crippen molar-refractivity contribution in [3.63, 3.8) is 0 Å². The SMILES string of the molecule is O=C1c2ccccc2[C@](O)(c2ccccc2)N1CCc1ccccc1. The molecule has 1 aliphatic rings. The molecule has 1 amide bonds. The lowest BCUT2D eigenvalue weighted by Gasteiger charge is -2.35. The first-order chi connectivity index (χ1) is 12.2. The van der Waals surface area contributed by atoms with Gasteiger partial charge in [-0.15, -0.1) is 0 Å². The second kappa shape index (κ2) is 6.19. The summed E-state index contributed by atoms with van der Waals surface area (Å²) in [5.74, 6) is -0.127. The fourth-order valence-corrected chi connectivity index (χ4v) is 3.54. The molecule has 1 atom stereocenters. The molecule has 1 aliphatic heterocycles. The van der Waals surface area contributed by atoms with E-state index in [1.807, 2.05) is 78.9 Å². The van der Waals surface area contributed by atoms with Gasteiger partial charge in [0.25, 0.3) is 5.91 Å². The molecule has 0 aromatic heterocycles. The van der Waals surface area contributed by atoms with Gasteiger partial charge in [-0.05, 0) is 18.1 Å². The van der Waals surface area contributed by atoms with E-state index in [0.717, 1.165) is 5.56 Å². The van der Waals surface area contributed by atoms with E-state index in [9.17, 15) is 9.90 Å². The molecule has 124 valence electrons. The monoisotopic (exact) mass is 329 g/mol. The summed E-state index contributed by atoms with van der Waals surface area (Å²) in [5.41, 5.74) is 1.65. The van der Waals surface area contributed by atoms with E-state index in [0.29, 0.717) is 29.7 Å². The Kier molecular flexibility index (Phi) is 3.86. The number of hydrogen-bond donors (Lipinski definition) is 1. The molecule has 3 heteroatoms. The normalized spacial score (nSPS) is 19.1. The molecule has 0 saturated carbocycles. The molecule has 0 radical (unpaired) electrons. The van der Waals surface area contributed by atoms with E-state index in [2.05, 4.69) is 0 Å². The van der Waals surface area contributed by atoms with Crippen molar-refractivity contribution in [3.8, 4) is 0 Å². The third-order valence-electron chi connectivity index (χ3n) is 4.81. The minimum Gasteiger partial charge on any atom is -0.363 e. The highest BCUT2D eigenvalue weighted by Gasteiger charge is 2.49. The van der Waals surface area contributed by atoms with Crippen LogP contribution in [0.4, 0.5) is 0 Å². The van der Waals surface area contributed by atoms with Crippen molar-refractivity contribution in [1.29, 1.82) is 0 Å². The third-order valence-corrected chi connectivity index (χ3v) is 4.81. The Morgan fingerprint density at radius 1 is 0.800 bits per heavy atom. The van der Waals surface area contributed by atoms with Crippen molar-refractivity contribution >= 4 is 5.91 Å². The van der Waals surface area contributed by atoms with Crippen molar-refractivity contribution in [2.45, 2.75) is 12.1 Å². The van der Waals surface area contributed by atoms with Crippen molar-refractivity contribution < 1.29 is 9.90 Å². The van der Waals surface area contributed by atoms with Crippen LogP contribution in [0.3, 0.4) is 0 Å². The van der Waals surface area contributed by atoms with E-state index in [4.69, 9.17) is 0 Å². The van der Waals surface area contributed by atoms with E-state index in [-0.39, 0.29) is 5.91 Å². The van der Waals surface area contributed by atoms with E-state index >= 15 is 0 Å². The van der Waals surface area contributed by atoms with E-state index in [1.165, 1.54) is 0 Å². The fraction of sp³-hybridized carbons (Fsp3) is 0.136. The highest BCUT2D eigenvalue weighted by atomic mass is 16.3. The highest BCUT2D eigenvalue weighted by molar-refractivity contribution is 6.00. The fourth-order valence-electron chi connectivity index (χ4n) is 3.54. The van der Waals surface area contributed by atoms with Crippen LogP contribution in [0.15, 0.2) is 84.9 Å². The van der Waals surface area contributed by atoms with Crippen molar-refractivity contribution in [1.82, 2.24) is 4.90 Å². The lowest BCUT2D eigenvalue weighted by atomic mass is 9.93. The molecule has 0 spiro atoms. The van der Waals surface area contributed by atoms with Crippen molar-refractivity contribution in [2.24, 2.45) is 0 Å². The summed E-state index contributed by atoms with van der Waals surface area (Å²) in [5, 5.41) is 11.6. The Hall–Kier alpha value is -2.91. The topological polar surface area (TPSA) is 40.5 Å². The Labute approximate surface area is 147 Å². The number of rotatable bonds is 4. The van der Waals surface area contributed by atoms with Crippen LogP contribution in [0.5, 0.6) is 0 Å². The molecule has 4 rings (SSSR count). The molecule has 25 heavy (non-hydrogen) atoms. The van der Waals surface area contributed by atoms with Gasteiger partial charge >= 0.3 is 0 Å². The molecule has 0 saturated heterocycles. The van der Waals surface area contributed by atoms with Gasteiger partial charge in [0.1, 0.15) is 0 Å². The van der Waals surface area contributed by atoms with Gasteiger partial charge in [0.15, 0.2) is 5.72 Å². The highest BCUT2D eigenvalue weighted by Crippen LogP contribution is 2.42. The number of benzene rings is 3. The summed E-state index contributed by atoms with van der Waals surface area (Å²) >= 11 is 0. The molecule has 3 aromatic rings. The summed E-state index contributed by atoms with van der Waals surface area (Å²) in [6.45, 7) is 0.447. The van der Waals surface area contributed by atoms with Gasteiger partial charge in [-0.25, -0.2) is 0 Å². The summed E-state index contributed by atoms with van der Waals surface area (Å²) in [6.07, 6.45) is 0.690. The van der Waals surface area contributed by atoms with Crippen molar-refractivity contribution in [3.05, 3.63) is 107 Å². The first kappa shape index (κ1) is 15.6. The third kappa shape index (κ3) is 2.53. The zero-order valence-corrected chi connectivity index (χ0v) is 13.8. The number of nitrogens with zero attached hydrogens (tertiary/aromatic N) is 1. The first-order valence-corrected chi connectivity index (χ1v) is 8.44. The molecule has 0 unspecified atom stereocenters. The molecular formula is C22H19NO2. The van der Waals surface area contributed by atoms with Crippen LogP contribution in [-0.4, -0.2) is 22.5 Å². The molecule has 0 aliphatic carbocycles. The summed E-state index contributed by atoms with van der Waals surface area (Å²) in [6, 6.07) is 26.7. The maximum Gasteiger partial charge on any atom is 0.257 e. The smallest absolute Gasteiger partial charge is 0.257 e. The second-order valence-electron chi connectivity index (χ2n) is 6.28. The molecule has 3 nitrogen and oxygen atoms in total. The standard InChI is InChI=1S/C22H19NO2/c24-21-19-13-7-8-14-20(19)22(25,18-11-5-2-6-12-18)23(21)16-15-17-9-3-1-4-10-17/h1-14,25H,15-16H2/t22-/m1/s1. The Morgan fingerprint density at radius 3 is 2.12 bits per heavy atom. The Balaban J connectivity index is 1.75. The lowest BCUT2D eigenvalue weighted by molar-refractivity contribution is -0.0493. The average molecular weight is 329 g/mol. The zero-order chi connectivity index (χ0) is 17.3. The van der Waals surface area contributed by atoms with Crippen LogP contribution in [0, 0.1) is 0 Å². The number of aliphatic hydroxyl groups is 1. The van der Waals surface area contributed by atoms with Crippen LogP contribution < -0.4 is 0 Å². The van der Waals surface area contributed by atoms with Gasteiger partial charge in [0.2, 0.25) is 0 Å². The van der Waals surface area contributed by atoms with Gasteiger partial charge in [-0.1, -0.05) is 78.9 Å². The summed E-state index contributed by atoms with van der Waals surface area (Å²) < 4.78 is 0. The maximum absolute atomic E-state index is 13.0. The molecule has 0 fully saturated rings.